The highest BCUT2D eigenvalue weighted by Crippen LogP contribution is 2.20. The fourth-order valence-corrected chi connectivity index (χ4v) is 2.65. The zero-order valence-corrected chi connectivity index (χ0v) is 15.6. The molecule has 1 rings (SSSR count). The number of hydrogen-bond donors (Lipinski definition) is 1. The van der Waals surface area contributed by atoms with Crippen LogP contribution in [0.3, 0.4) is 0 Å². The molecule has 1 N–H and O–H groups in total. The Bertz CT molecular complexity index is 521. The van der Waals surface area contributed by atoms with Gasteiger partial charge in [0, 0.05) is 12.2 Å². The first-order valence-corrected chi connectivity index (χ1v) is 8.76. The Morgan fingerprint density at radius 1 is 1.32 bits per heavy atom. The second kappa shape index (κ2) is 8.75. The van der Waals surface area contributed by atoms with Crippen molar-refractivity contribution in [3.63, 3.8) is 0 Å². The third kappa shape index (κ3) is 6.91. The largest absolute Gasteiger partial charge is 0.465 e. The zero-order valence-electron chi connectivity index (χ0n) is 14.2. The summed E-state index contributed by atoms with van der Waals surface area (Å²) >= 11 is 0. The van der Waals surface area contributed by atoms with Crippen molar-refractivity contribution in [1.29, 1.82) is 0 Å². The van der Waals surface area contributed by atoms with Crippen molar-refractivity contribution in [2.45, 2.75) is 32.7 Å². The van der Waals surface area contributed by atoms with Gasteiger partial charge in [-0.05, 0) is 24.1 Å². The van der Waals surface area contributed by atoms with E-state index in [0.29, 0.717) is 23.8 Å². The van der Waals surface area contributed by atoms with Gasteiger partial charge in [-0.25, -0.2) is 4.79 Å². The lowest BCUT2D eigenvalue weighted by molar-refractivity contribution is 0.0602. The van der Waals surface area contributed by atoms with Gasteiger partial charge in [-0.15, -0.1) is 0 Å². The third-order valence-electron chi connectivity index (χ3n) is 2.97. The van der Waals surface area contributed by atoms with Crippen LogP contribution in [0.2, 0.25) is 5.04 Å². The molecule has 0 aromatic heterocycles. The Kier molecular flexibility index (Phi) is 7.34. The fraction of sp³-hybridized carbons (Fsp3) is 0.471. The van der Waals surface area contributed by atoms with Crippen molar-refractivity contribution in [2.24, 2.45) is 0 Å². The van der Waals surface area contributed by atoms with Crippen molar-refractivity contribution >= 4 is 21.4 Å². The Morgan fingerprint density at radius 2 is 2.00 bits per heavy atom. The Balaban J connectivity index is 2.50. The molecule has 0 radical (unpaired) electrons. The molecule has 5 heteroatoms. The molecule has 1 aromatic rings. The van der Waals surface area contributed by atoms with Gasteiger partial charge >= 0.3 is 5.97 Å². The lowest BCUT2D eigenvalue weighted by Crippen LogP contribution is -2.13. The lowest BCUT2D eigenvalue weighted by atomic mass is 10.1. The van der Waals surface area contributed by atoms with E-state index in [-0.39, 0.29) is 5.97 Å². The summed E-state index contributed by atoms with van der Waals surface area (Å²) in [5, 5.41) is 3.59. The van der Waals surface area contributed by atoms with Gasteiger partial charge in [0.15, 0.2) is 9.76 Å². The molecule has 0 fully saturated rings. The van der Waals surface area contributed by atoms with E-state index in [0.717, 1.165) is 5.69 Å². The van der Waals surface area contributed by atoms with E-state index in [1.807, 2.05) is 18.2 Å². The molecule has 0 heterocycles. The van der Waals surface area contributed by atoms with Gasteiger partial charge in [-0.2, -0.15) is 0 Å². The summed E-state index contributed by atoms with van der Waals surface area (Å²) < 4.78 is 10.5. The number of esters is 1. The number of anilines is 1. The number of carbonyl (C=O) groups excluding carboxylic acids is 1. The van der Waals surface area contributed by atoms with Gasteiger partial charge in [0.2, 0.25) is 0 Å². The van der Waals surface area contributed by atoms with Crippen molar-refractivity contribution in [3.8, 4) is 0 Å². The number of carbonyl (C=O) groups is 1. The molecular formula is C17H27NO3Si. The monoisotopic (exact) mass is 321 g/mol. The Hall–Kier alpha value is -1.59. The number of rotatable bonds is 7. The maximum Gasteiger partial charge on any atom is 0.339 e. The number of hydrogen-bond acceptors (Lipinski definition) is 4. The van der Waals surface area contributed by atoms with E-state index >= 15 is 0 Å². The molecule has 0 aliphatic carbocycles. The van der Waals surface area contributed by atoms with Crippen LogP contribution in [0, 0.1) is 0 Å². The topological polar surface area (TPSA) is 47.6 Å². The first-order valence-electron chi connectivity index (χ1n) is 7.48. The van der Waals surface area contributed by atoms with Crippen molar-refractivity contribution < 1.29 is 14.0 Å². The first-order chi connectivity index (χ1) is 10.3. The molecule has 0 amide bonds. The molecule has 22 heavy (non-hydrogen) atoms. The minimum atomic E-state index is -0.505. The summed E-state index contributed by atoms with van der Waals surface area (Å²) in [6.07, 6.45) is 2.09. The minimum absolute atomic E-state index is 0.319. The molecule has 0 saturated carbocycles. The maximum absolute atomic E-state index is 11.7. The number of methoxy groups -OCH3 is 1. The second-order valence-electron chi connectivity index (χ2n) is 6.52. The molecule has 0 spiro atoms. The molecule has 1 aromatic carbocycles. The average molecular weight is 321 g/mol. The number of benzene rings is 1. The molecule has 0 atom stereocenters. The summed E-state index contributed by atoms with van der Waals surface area (Å²) in [4.78, 5) is 11.7. The summed E-state index contributed by atoms with van der Waals surface area (Å²) in [5.74, 6) is -0.329. The van der Waals surface area contributed by atoms with Crippen molar-refractivity contribution in [3.05, 3.63) is 41.5 Å². The van der Waals surface area contributed by atoms with E-state index in [9.17, 15) is 4.79 Å². The van der Waals surface area contributed by atoms with E-state index in [1.165, 1.54) is 12.7 Å². The van der Waals surface area contributed by atoms with Gasteiger partial charge < -0.3 is 14.5 Å². The predicted octanol–water partition coefficient (Wildman–Crippen LogP) is 3.15. The lowest BCUT2D eigenvalue weighted by Gasteiger charge is -2.16. The predicted molar refractivity (Wildman–Crippen MR) is 94.2 cm³/mol. The molecule has 4 nitrogen and oxygen atoms in total. The zero-order chi connectivity index (χ0) is 16.6. The molecule has 122 valence electrons. The number of para-hydroxylation sites is 1. The average Bonchev–Trinajstić information content (AvgIpc) is 2.48. The molecule has 0 unspecified atom stereocenters. The second-order valence-corrected chi connectivity index (χ2v) is 9.34. The molecule has 0 bridgehead atoms. The highest BCUT2D eigenvalue weighted by molar-refractivity contribution is 6.31. The van der Waals surface area contributed by atoms with Crippen molar-refractivity contribution in [1.82, 2.24) is 0 Å². The van der Waals surface area contributed by atoms with Crippen LogP contribution >= 0.6 is 0 Å². The number of ether oxygens (including phenoxy) is 1. The normalized spacial score (nSPS) is 12.7. The van der Waals surface area contributed by atoms with Crippen LogP contribution in [0.1, 0.15) is 38.1 Å². The molecule has 0 saturated heterocycles. The SMILES string of the molecule is COC(=O)c1ccccc1NCC(C)=CCO[SiH2]C(C)(C)C. The summed E-state index contributed by atoms with van der Waals surface area (Å²) in [6.45, 7) is 10.0. The van der Waals surface area contributed by atoms with E-state index in [2.05, 4.69) is 39.1 Å². The highest BCUT2D eigenvalue weighted by Gasteiger charge is 2.11. The van der Waals surface area contributed by atoms with Gasteiger partial charge in [-0.1, -0.05) is 44.6 Å². The Labute approximate surface area is 135 Å². The fourth-order valence-electron chi connectivity index (χ4n) is 1.80. The summed E-state index contributed by atoms with van der Waals surface area (Å²) in [7, 11) is 0.885. The summed E-state index contributed by atoms with van der Waals surface area (Å²) in [5.41, 5.74) is 2.52. The minimum Gasteiger partial charge on any atom is -0.465 e. The van der Waals surface area contributed by atoms with Crippen LogP contribution in [0.4, 0.5) is 5.69 Å². The molecular weight excluding hydrogens is 294 g/mol. The van der Waals surface area contributed by atoms with E-state index in [1.54, 1.807) is 6.07 Å². The van der Waals surface area contributed by atoms with E-state index in [4.69, 9.17) is 9.16 Å². The summed E-state index contributed by atoms with van der Waals surface area (Å²) in [6, 6.07) is 7.35. The van der Waals surface area contributed by atoms with Gasteiger partial charge in [0.1, 0.15) is 0 Å². The van der Waals surface area contributed by atoms with Crippen molar-refractivity contribution in [2.75, 3.05) is 25.6 Å². The Morgan fingerprint density at radius 3 is 2.64 bits per heavy atom. The molecule has 0 aliphatic rings. The smallest absolute Gasteiger partial charge is 0.339 e. The standard InChI is InChI=1S/C17H27NO3Si/c1-13(10-11-21-22-17(2,3)4)12-18-15-9-7-6-8-14(15)16(19)20-5/h6-10,18H,11-12,22H2,1-5H3. The van der Waals surface area contributed by atoms with Gasteiger partial charge in [0.25, 0.3) is 0 Å². The number of nitrogens with one attached hydrogen (secondary N) is 1. The quantitative estimate of drug-likeness (QED) is 0.363. The maximum atomic E-state index is 11.7. The van der Waals surface area contributed by atoms with Crippen LogP contribution in [-0.2, 0) is 9.16 Å². The molecule has 0 aliphatic heterocycles. The first kappa shape index (κ1) is 18.5. The highest BCUT2D eigenvalue weighted by atomic mass is 28.2. The van der Waals surface area contributed by atoms with Crippen LogP contribution < -0.4 is 5.32 Å². The van der Waals surface area contributed by atoms with Crippen LogP contribution in [0.15, 0.2) is 35.9 Å². The van der Waals surface area contributed by atoms with Gasteiger partial charge in [0.05, 0.1) is 19.3 Å². The van der Waals surface area contributed by atoms with Crippen LogP contribution in [0.25, 0.3) is 0 Å². The van der Waals surface area contributed by atoms with Crippen LogP contribution in [-0.4, -0.2) is 36.0 Å². The van der Waals surface area contributed by atoms with E-state index < -0.39 is 9.76 Å². The third-order valence-corrected chi connectivity index (χ3v) is 4.28. The van der Waals surface area contributed by atoms with Gasteiger partial charge in [-0.3, -0.25) is 0 Å². The van der Waals surface area contributed by atoms with Crippen LogP contribution in [0.5, 0.6) is 0 Å².